The van der Waals surface area contributed by atoms with Crippen LogP contribution in [0.4, 0.5) is 0 Å². The number of halogens is 2. The van der Waals surface area contributed by atoms with Gasteiger partial charge < -0.3 is 4.90 Å². The Morgan fingerprint density at radius 3 is 2.42 bits per heavy atom. The number of nitrogens with zero attached hydrogens (tertiary/aromatic N) is 1. The second-order valence-corrected chi connectivity index (χ2v) is 7.39. The zero-order chi connectivity index (χ0) is 14.0. The summed E-state index contributed by atoms with van der Waals surface area (Å²) in [6, 6.07) is 4.65. The molecule has 2 rings (SSSR count). The van der Waals surface area contributed by atoms with E-state index in [2.05, 4.69) is 0 Å². The van der Waals surface area contributed by atoms with Crippen LogP contribution in [-0.4, -0.2) is 38.1 Å². The Kier molecular flexibility index (Phi) is 4.38. The topological polar surface area (TPSA) is 54.5 Å². The van der Waals surface area contributed by atoms with Gasteiger partial charge in [-0.05, 0) is 24.1 Å². The summed E-state index contributed by atoms with van der Waals surface area (Å²) in [5.41, 5.74) is 0.533. The summed E-state index contributed by atoms with van der Waals surface area (Å²) in [5, 5.41) is 0.683. The van der Waals surface area contributed by atoms with Crippen LogP contribution in [0.15, 0.2) is 18.2 Å². The van der Waals surface area contributed by atoms with Crippen LogP contribution < -0.4 is 0 Å². The van der Waals surface area contributed by atoms with Crippen LogP contribution in [0.25, 0.3) is 0 Å². The summed E-state index contributed by atoms with van der Waals surface area (Å²) in [4.78, 5) is 13.2. The van der Waals surface area contributed by atoms with E-state index in [-0.39, 0.29) is 11.7 Å². The summed E-state index contributed by atoms with van der Waals surface area (Å²) in [5.74, 6) is -0.984. The van der Waals surface area contributed by atoms with Gasteiger partial charge in [0.1, 0.15) is 5.75 Å². The van der Waals surface area contributed by atoms with Gasteiger partial charge in [-0.25, -0.2) is 8.42 Å². The lowest BCUT2D eigenvalue weighted by Crippen LogP contribution is -2.44. The number of likely N-dealkylation sites (tertiary alicyclic amines) is 1. The molecule has 0 atom stereocenters. The number of amides is 1. The molecule has 0 saturated carbocycles. The molecule has 1 aromatic carbocycles. The van der Waals surface area contributed by atoms with Crippen LogP contribution in [-0.2, 0) is 20.4 Å². The highest BCUT2D eigenvalue weighted by Gasteiger charge is 2.25. The largest absolute Gasteiger partial charge is 0.342 e. The monoisotopic (exact) mass is 321 g/mol. The summed E-state index contributed by atoms with van der Waals surface area (Å²) in [7, 11) is -3.48. The minimum absolute atomic E-state index is 0.205. The van der Waals surface area contributed by atoms with Crippen LogP contribution in [0.1, 0.15) is 12.0 Å². The van der Waals surface area contributed by atoms with Gasteiger partial charge in [0.05, 0.1) is 15.8 Å². The van der Waals surface area contributed by atoms with Crippen LogP contribution >= 0.6 is 23.2 Å². The number of sulfone groups is 1. The first-order chi connectivity index (χ1) is 8.87. The van der Waals surface area contributed by atoms with Crippen molar-refractivity contribution in [3.05, 3.63) is 33.8 Å². The smallest absolute Gasteiger partial charge is 0.237 e. The molecule has 104 valence electrons. The Labute approximate surface area is 122 Å². The third-order valence-electron chi connectivity index (χ3n) is 2.92. The molecule has 0 N–H and O–H groups in total. The maximum absolute atomic E-state index is 11.9. The highest BCUT2D eigenvalue weighted by Crippen LogP contribution is 2.23. The standard InChI is InChI=1S/C12H13Cl2NO3S/c13-10-3-2-9(6-11(10)14)7-19(17,18)8-12(16)15-4-1-5-15/h2-3,6H,1,4-5,7-8H2. The fourth-order valence-corrected chi connectivity index (χ4v) is 3.45. The minimum atomic E-state index is -3.48. The summed E-state index contributed by atoms with van der Waals surface area (Å²) < 4.78 is 23.9. The van der Waals surface area contributed by atoms with Crippen molar-refractivity contribution >= 4 is 38.9 Å². The molecule has 1 saturated heterocycles. The van der Waals surface area contributed by atoms with Gasteiger partial charge in [0.15, 0.2) is 9.84 Å². The normalized spacial score (nSPS) is 15.2. The first-order valence-corrected chi connectivity index (χ1v) is 8.37. The average Bonchev–Trinajstić information content (AvgIpc) is 2.19. The molecule has 0 unspecified atom stereocenters. The fraction of sp³-hybridized carbons (Fsp3) is 0.417. The first-order valence-electron chi connectivity index (χ1n) is 5.79. The number of rotatable bonds is 4. The van der Waals surface area contributed by atoms with E-state index in [4.69, 9.17) is 23.2 Å². The van der Waals surface area contributed by atoms with E-state index in [1.165, 1.54) is 6.07 Å². The summed E-state index contributed by atoms with van der Waals surface area (Å²) in [6.45, 7) is 1.31. The van der Waals surface area contributed by atoms with Gasteiger partial charge >= 0.3 is 0 Å². The third kappa shape index (κ3) is 3.84. The Morgan fingerprint density at radius 1 is 1.21 bits per heavy atom. The van der Waals surface area contributed by atoms with Crippen LogP contribution in [0, 0.1) is 0 Å². The number of carbonyl (C=O) groups is 1. The highest BCUT2D eigenvalue weighted by atomic mass is 35.5. The SMILES string of the molecule is O=C(CS(=O)(=O)Cc1ccc(Cl)c(Cl)c1)N1CCC1. The van der Waals surface area contributed by atoms with Crippen molar-refractivity contribution in [3.63, 3.8) is 0 Å². The third-order valence-corrected chi connectivity index (χ3v) is 5.12. The zero-order valence-electron chi connectivity index (χ0n) is 10.1. The Hall–Kier alpha value is -0.780. The number of benzene rings is 1. The lowest BCUT2D eigenvalue weighted by atomic mass is 10.2. The molecule has 1 amide bonds. The van der Waals surface area contributed by atoms with E-state index in [9.17, 15) is 13.2 Å². The predicted molar refractivity (Wildman–Crippen MR) is 75.1 cm³/mol. The van der Waals surface area contributed by atoms with Crippen molar-refractivity contribution in [2.75, 3.05) is 18.8 Å². The molecule has 1 aliphatic heterocycles. The summed E-state index contributed by atoms with van der Waals surface area (Å²) in [6.07, 6.45) is 0.943. The van der Waals surface area contributed by atoms with Crippen LogP contribution in [0.5, 0.6) is 0 Å². The summed E-state index contributed by atoms with van der Waals surface area (Å²) >= 11 is 11.6. The van der Waals surface area contributed by atoms with Gasteiger partial charge in [-0.3, -0.25) is 4.79 Å². The average molecular weight is 322 g/mol. The Morgan fingerprint density at radius 2 is 1.89 bits per heavy atom. The van der Waals surface area contributed by atoms with Gasteiger partial charge in [-0.1, -0.05) is 29.3 Å². The highest BCUT2D eigenvalue weighted by molar-refractivity contribution is 7.91. The van der Waals surface area contributed by atoms with Gasteiger partial charge in [-0.2, -0.15) is 0 Å². The van der Waals surface area contributed by atoms with Crippen molar-refractivity contribution in [3.8, 4) is 0 Å². The molecule has 19 heavy (non-hydrogen) atoms. The lowest BCUT2D eigenvalue weighted by molar-refractivity contribution is -0.131. The molecule has 7 heteroatoms. The molecule has 0 aliphatic carbocycles. The molecule has 1 heterocycles. The molecule has 1 aliphatic rings. The number of hydrogen-bond donors (Lipinski definition) is 0. The van der Waals surface area contributed by atoms with Crippen molar-refractivity contribution in [1.29, 1.82) is 0 Å². The zero-order valence-corrected chi connectivity index (χ0v) is 12.4. The van der Waals surface area contributed by atoms with Gasteiger partial charge in [-0.15, -0.1) is 0 Å². The molecule has 0 radical (unpaired) electrons. The van der Waals surface area contributed by atoms with Crippen molar-refractivity contribution in [2.45, 2.75) is 12.2 Å². The van der Waals surface area contributed by atoms with Gasteiger partial charge in [0.25, 0.3) is 0 Å². The van der Waals surface area contributed by atoms with Crippen LogP contribution in [0.2, 0.25) is 10.0 Å². The predicted octanol–water partition coefficient (Wildman–Crippen LogP) is 2.14. The first kappa shape index (κ1) is 14.6. The van der Waals surface area contributed by atoms with E-state index in [1.807, 2.05) is 0 Å². The van der Waals surface area contributed by atoms with Gasteiger partial charge in [0, 0.05) is 13.1 Å². The molecule has 0 bridgehead atoms. The lowest BCUT2D eigenvalue weighted by Gasteiger charge is -2.30. The van der Waals surface area contributed by atoms with E-state index < -0.39 is 15.6 Å². The van der Waals surface area contributed by atoms with Crippen molar-refractivity contribution in [2.24, 2.45) is 0 Å². The number of carbonyl (C=O) groups excluding carboxylic acids is 1. The molecule has 0 aromatic heterocycles. The Balaban J connectivity index is 2.03. The second kappa shape index (κ2) is 5.69. The van der Waals surface area contributed by atoms with E-state index in [1.54, 1.807) is 17.0 Å². The molecule has 1 fully saturated rings. The van der Waals surface area contributed by atoms with Crippen molar-refractivity contribution < 1.29 is 13.2 Å². The number of hydrogen-bond acceptors (Lipinski definition) is 3. The second-order valence-electron chi connectivity index (χ2n) is 4.52. The molecule has 0 spiro atoms. The maximum atomic E-state index is 11.9. The van der Waals surface area contributed by atoms with E-state index in [0.29, 0.717) is 28.7 Å². The van der Waals surface area contributed by atoms with Crippen LogP contribution in [0.3, 0.4) is 0 Å². The van der Waals surface area contributed by atoms with E-state index in [0.717, 1.165) is 6.42 Å². The molecular weight excluding hydrogens is 309 g/mol. The molecular formula is C12H13Cl2NO3S. The maximum Gasteiger partial charge on any atom is 0.237 e. The fourth-order valence-electron chi connectivity index (χ4n) is 1.78. The van der Waals surface area contributed by atoms with E-state index >= 15 is 0 Å². The molecule has 1 aromatic rings. The van der Waals surface area contributed by atoms with Crippen molar-refractivity contribution in [1.82, 2.24) is 4.90 Å². The van der Waals surface area contributed by atoms with Gasteiger partial charge in [0.2, 0.25) is 5.91 Å². The Bertz CT molecular complexity index is 597. The molecule has 4 nitrogen and oxygen atoms in total. The quantitative estimate of drug-likeness (QED) is 0.853. The minimum Gasteiger partial charge on any atom is -0.342 e.